The van der Waals surface area contributed by atoms with Gasteiger partial charge in [0.15, 0.2) is 5.82 Å². The van der Waals surface area contributed by atoms with Crippen molar-refractivity contribution in [3.63, 3.8) is 0 Å². The van der Waals surface area contributed by atoms with Gasteiger partial charge in [-0.3, -0.25) is 0 Å². The van der Waals surface area contributed by atoms with E-state index in [9.17, 15) is 4.79 Å². The van der Waals surface area contributed by atoms with E-state index >= 15 is 0 Å². The molecule has 0 radical (unpaired) electrons. The van der Waals surface area contributed by atoms with Crippen LogP contribution in [0.3, 0.4) is 0 Å². The van der Waals surface area contributed by atoms with Gasteiger partial charge in [0.05, 0.1) is 6.04 Å². The minimum absolute atomic E-state index is 0.0419. The standard InChI is InChI=1S/C13H17ClN6O2/c1-8(17-12(21)22-13(2,3)4)9-18-10(14)19-20(9)11-15-6-5-7-16-11/h5-8H,1-4H3,(H,17,21). The molecule has 1 amide bonds. The van der Waals surface area contributed by atoms with Gasteiger partial charge in [-0.05, 0) is 45.4 Å². The van der Waals surface area contributed by atoms with Crippen molar-refractivity contribution in [2.45, 2.75) is 39.3 Å². The average Bonchev–Trinajstić information content (AvgIpc) is 2.79. The molecular weight excluding hydrogens is 308 g/mol. The zero-order valence-electron chi connectivity index (χ0n) is 12.7. The van der Waals surface area contributed by atoms with Crippen LogP contribution in [0.1, 0.15) is 39.6 Å². The number of carbonyl (C=O) groups is 1. The van der Waals surface area contributed by atoms with Crippen LogP contribution in [0.4, 0.5) is 4.79 Å². The van der Waals surface area contributed by atoms with Gasteiger partial charge in [0.2, 0.25) is 5.28 Å². The Labute approximate surface area is 132 Å². The molecule has 0 saturated carbocycles. The number of carbonyl (C=O) groups excluding carboxylic acids is 1. The van der Waals surface area contributed by atoms with Crippen molar-refractivity contribution in [3.8, 4) is 5.95 Å². The van der Waals surface area contributed by atoms with Crippen molar-refractivity contribution in [3.05, 3.63) is 29.6 Å². The number of aromatic nitrogens is 5. The van der Waals surface area contributed by atoms with Gasteiger partial charge in [-0.1, -0.05) is 0 Å². The van der Waals surface area contributed by atoms with Crippen LogP contribution in [0.25, 0.3) is 5.95 Å². The summed E-state index contributed by atoms with van der Waals surface area (Å²) in [5.74, 6) is 0.719. The largest absolute Gasteiger partial charge is 0.444 e. The van der Waals surface area contributed by atoms with E-state index in [1.54, 1.807) is 46.2 Å². The second-order valence-electron chi connectivity index (χ2n) is 5.57. The summed E-state index contributed by atoms with van der Waals surface area (Å²) in [4.78, 5) is 24.1. The lowest BCUT2D eigenvalue weighted by Crippen LogP contribution is -2.35. The number of hydrogen-bond donors (Lipinski definition) is 1. The molecule has 0 bridgehead atoms. The van der Waals surface area contributed by atoms with Crippen molar-refractivity contribution in [1.29, 1.82) is 0 Å². The van der Waals surface area contributed by atoms with Gasteiger partial charge in [0.1, 0.15) is 5.60 Å². The van der Waals surface area contributed by atoms with Crippen LogP contribution in [0.2, 0.25) is 5.28 Å². The smallest absolute Gasteiger partial charge is 0.408 e. The van der Waals surface area contributed by atoms with E-state index in [1.807, 2.05) is 0 Å². The highest BCUT2D eigenvalue weighted by Crippen LogP contribution is 2.16. The molecule has 8 nitrogen and oxygen atoms in total. The first-order valence-corrected chi connectivity index (χ1v) is 7.03. The molecule has 0 aliphatic rings. The molecule has 0 aromatic carbocycles. The second kappa shape index (κ2) is 6.27. The average molecular weight is 325 g/mol. The number of alkyl carbamates (subject to hydrolysis) is 1. The number of halogens is 1. The molecule has 2 heterocycles. The number of nitrogens with one attached hydrogen (secondary N) is 1. The monoisotopic (exact) mass is 324 g/mol. The molecule has 1 N–H and O–H groups in total. The normalized spacial score (nSPS) is 12.8. The quantitative estimate of drug-likeness (QED) is 0.930. The van der Waals surface area contributed by atoms with Crippen LogP contribution < -0.4 is 5.32 Å². The molecular formula is C13H17ClN6O2. The van der Waals surface area contributed by atoms with Gasteiger partial charge >= 0.3 is 6.09 Å². The highest BCUT2D eigenvalue weighted by Gasteiger charge is 2.23. The van der Waals surface area contributed by atoms with Crippen molar-refractivity contribution in [2.75, 3.05) is 0 Å². The Hall–Kier alpha value is -2.22. The van der Waals surface area contributed by atoms with Crippen molar-refractivity contribution in [2.24, 2.45) is 0 Å². The Kier molecular flexibility index (Phi) is 4.60. The van der Waals surface area contributed by atoms with Crippen LogP contribution in [0.15, 0.2) is 18.5 Å². The van der Waals surface area contributed by atoms with Crippen LogP contribution in [-0.4, -0.2) is 36.4 Å². The summed E-state index contributed by atoms with van der Waals surface area (Å²) in [6.07, 6.45) is 2.60. The Morgan fingerprint density at radius 2 is 2.00 bits per heavy atom. The minimum atomic E-state index is -0.586. The van der Waals surface area contributed by atoms with Crippen LogP contribution in [0.5, 0.6) is 0 Å². The van der Waals surface area contributed by atoms with E-state index in [2.05, 4.69) is 25.4 Å². The van der Waals surface area contributed by atoms with E-state index < -0.39 is 17.7 Å². The van der Waals surface area contributed by atoms with E-state index in [1.165, 1.54) is 4.68 Å². The Morgan fingerprint density at radius 1 is 1.36 bits per heavy atom. The van der Waals surface area contributed by atoms with Crippen LogP contribution in [-0.2, 0) is 4.74 Å². The van der Waals surface area contributed by atoms with Gasteiger partial charge in [-0.2, -0.15) is 9.67 Å². The lowest BCUT2D eigenvalue weighted by molar-refractivity contribution is 0.0505. The summed E-state index contributed by atoms with van der Waals surface area (Å²) in [5, 5.41) is 6.76. The molecule has 1 unspecified atom stereocenters. The maximum absolute atomic E-state index is 11.8. The Bertz CT molecular complexity index is 652. The number of nitrogens with zero attached hydrogens (tertiary/aromatic N) is 5. The Balaban J connectivity index is 2.20. The van der Waals surface area contributed by atoms with E-state index in [0.29, 0.717) is 11.8 Å². The van der Waals surface area contributed by atoms with Gasteiger partial charge in [0, 0.05) is 12.4 Å². The van der Waals surface area contributed by atoms with E-state index in [0.717, 1.165) is 0 Å². The third-order valence-corrected chi connectivity index (χ3v) is 2.63. The molecule has 0 aliphatic carbocycles. The molecule has 118 valence electrons. The SMILES string of the molecule is CC(NC(=O)OC(C)(C)C)c1nc(Cl)nn1-c1ncccn1. The number of amides is 1. The highest BCUT2D eigenvalue weighted by molar-refractivity contribution is 6.28. The van der Waals surface area contributed by atoms with E-state index in [-0.39, 0.29) is 5.28 Å². The number of ether oxygens (including phenoxy) is 1. The molecule has 22 heavy (non-hydrogen) atoms. The molecule has 2 aromatic heterocycles. The predicted octanol–water partition coefficient (Wildman–Crippen LogP) is 2.30. The fourth-order valence-electron chi connectivity index (χ4n) is 1.67. The maximum atomic E-state index is 11.8. The van der Waals surface area contributed by atoms with Crippen molar-refractivity contribution in [1.82, 2.24) is 30.0 Å². The van der Waals surface area contributed by atoms with Crippen LogP contribution in [0, 0.1) is 0 Å². The first-order valence-electron chi connectivity index (χ1n) is 6.65. The van der Waals surface area contributed by atoms with Gasteiger partial charge < -0.3 is 10.1 Å². The molecule has 2 aromatic rings. The fraction of sp³-hybridized carbons (Fsp3) is 0.462. The highest BCUT2D eigenvalue weighted by atomic mass is 35.5. The number of rotatable bonds is 3. The van der Waals surface area contributed by atoms with E-state index in [4.69, 9.17) is 16.3 Å². The summed E-state index contributed by atoms with van der Waals surface area (Å²) in [5.41, 5.74) is -0.586. The molecule has 0 spiro atoms. The van der Waals surface area contributed by atoms with Crippen molar-refractivity contribution < 1.29 is 9.53 Å². The first kappa shape index (κ1) is 16.2. The maximum Gasteiger partial charge on any atom is 0.408 e. The zero-order chi connectivity index (χ0) is 16.3. The lowest BCUT2D eigenvalue weighted by atomic mass is 10.2. The van der Waals surface area contributed by atoms with Crippen LogP contribution >= 0.6 is 11.6 Å². The summed E-state index contributed by atoms with van der Waals surface area (Å²) < 4.78 is 6.59. The molecule has 0 fully saturated rings. The summed E-state index contributed by atoms with van der Waals surface area (Å²) in [6.45, 7) is 7.10. The predicted molar refractivity (Wildman–Crippen MR) is 79.7 cm³/mol. The van der Waals surface area contributed by atoms with Crippen molar-refractivity contribution >= 4 is 17.7 Å². The minimum Gasteiger partial charge on any atom is -0.444 e. The molecule has 9 heteroatoms. The van der Waals surface area contributed by atoms with Gasteiger partial charge in [0.25, 0.3) is 5.95 Å². The summed E-state index contributed by atoms with van der Waals surface area (Å²) in [6, 6.07) is 1.20. The summed E-state index contributed by atoms with van der Waals surface area (Å²) in [7, 11) is 0. The molecule has 0 aliphatic heterocycles. The topological polar surface area (TPSA) is 94.8 Å². The lowest BCUT2D eigenvalue weighted by Gasteiger charge is -2.21. The van der Waals surface area contributed by atoms with Gasteiger partial charge in [-0.25, -0.2) is 14.8 Å². The van der Waals surface area contributed by atoms with Gasteiger partial charge in [-0.15, -0.1) is 5.10 Å². The zero-order valence-corrected chi connectivity index (χ0v) is 13.5. The fourth-order valence-corrected chi connectivity index (χ4v) is 1.84. The first-order chi connectivity index (χ1) is 10.3. The number of hydrogen-bond acceptors (Lipinski definition) is 6. The molecule has 1 atom stereocenters. The Morgan fingerprint density at radius 3 is 2.59 bits per heavy atom. The second-order valence-corrected chi connectivity index (χ2v) is 5.91. The third-order valence-electron chi connectivity index (χ3n) is 2.47. The molecule has 2 rings (SSSR count). The summed E-state index contributed by atoms with van der Waals surface area (Å²) >= 11 is 5.86. The third kappa shape index (κ3) is 4.14. The molecule has 0 saturated heterocycles.